The largest absolute Gasteiger partial charge is 0.255 e. The maximum Gasteiger partial charge on any atom is 0.0894 e. The Morgan fingerprint density at radius 3 is 1.07 bits per heavy atom. The molecule has 6 aromatic rings. The highest BCUT2D eigenvalue weighted by atomic mass is 14.8. The van der Waals surface area contributed by atoms with E-state index in [-0.39, 0.29) is 0 Å². The molecule has 0 bridgehead atoms. The molecule has 212 valence electrons. The highest BCUT2D eigenvalue weighted by molar-refractivity contribution is 5.62. The standard InChI is InChI=1S/C37H34N6/c1(2-4-14-28-16-10-20-34(40-28)36-24-12-22-32(42-36)30-18-6-8-26-38-30)3-5-15-29-17-11-21-35(41-29)37-25-13-23-33(43-37)31-19-7-9-27-39-31/h6-13,16-27H,1-5,14-15H2. The van der Waals surface area contributed by atoms with Gasteiger partial charge in [-0.2, -0.15) is 0 Å². The van der Waals surface area contributed by atoms with Gasteiger partial charge in [0.1, 0.15) is 0 Å². The molecule has 0 amide bonds. The molecule has 0 aliphatic rings. The van der Waals surface area contributed by atoms with E-state index in [2.05, 4.69) is 34.2 Å². The third-order valence-corrected chi connectivity index (χ3v) is 7.36. The Balaban J connectivity index is 0.961. The fourth-order valence-electron chi connectivity index (χ4n) is 5.13. The van der Waals surface area contributed by atoms with Gasteiger partial charge in [-0.25, -0.2) is 9.97 Å². The van der Waals surface area contributed by atoms with E-state index in [1.165, 1.54) is 19.3 Å². The predicted octanol–water partition coefficient (Wildman–Crippen LogP) is 8.46. The molecule has 0 aliphatic carbocycles. The normalized spacial score (nSPS) is 11.0. The molecule has 0 N–H and O–H groups in total. The van der Waals surface area contributed by atoms with Crippen LogP contribution in [-0.4, -0.2) is 29.9 Å². The van der Waals surface area contributed by atoms with Crippen molar-refractivity contribution in [3.05, 3.63) is 133 Å². The van der Waals surface area contributed by atoms with E-state index >= 15 is 0 Å². The summed E-state index contributed by atoms with van der Waals surface area (Å²) >= 11 is 0. The molecule has 6 nitrogen and oxygen atoms in total. The van der Waals surface area contributed by atoms with Crippen molar-refractivity contribution >= 4 is 0 Å². The van der Waals surface area contributed by atoms with Crippen LogP contribution in [0, 0.1) is 0 Å². The van der Waals surface area contributed by atoms with Gasteiger partial charge in [0, 0.05) is 23.8 Å². The lowest BCUT2D eigenvalue weighted by atomic mass is 10.1. The van der Waals surface area contributed by atoms with E-state index in [1.54, 1.807) is 12.4 Å². The summed E-state index contributed by atoms with van der Waals surface area (Å²) in [7, 11) is 0. The summed E-state index contributed by atoms with van der Waals surface area (Å²) in [6.07, 6.45) is 11.4. The molecule has 0 aliphatic heterocycles. The van der Waals surface area contributed by atoms with Crippen LogP contribution in [0.25, 0.3) is 45.6 Å². The predicted molar refractivity (Wildman–Crippen MR) is 172 cm³/mol. The zero-order valence-corrected chi connectivity index (χ0v) is 24.2. The highest BCUT2D eigenvalue weighted by Gasteiger charge is 2.08. The van der Waals surface area contributed by atoms with Gasteiger partial charge >= 0.3 is 0 Å². The van der Waals surface area contributed by atoms with E-state index in [4.69, 9.17) is 19.9 Å². The second-order valence-corrected chi connectivity index (χ2v) is 10.5. The molecule has 0 radical (unpaired) electrons. The minimum Gasteiger partial charge on any atom is -0.255 e. The van der Waals surface area contributed by atoms with Gasteiger partial charge in [0.2, 0.25) is 0 Å². The molecule has 0 saturated carbocycles. The van der Waals surface area contributed by atoms with Crippen LogP contribution in [0.3, 0.4) is 0 Å². The van der Waals surface area contributed by atoms with Gasteiger partial charge in [0.05, 0.1) is 45.6 Å². The Morgan fingerprint density at radius 1 is 0.302 bits per heavy atom. The van der Waals surface area contributed by atoms with Crippen molar-refractivity contribution in [3.8, 4) is 45.6 Å². The quantitative estimate of drug-likeness (QED) is 0.139. The summed E-state index contributed by atoms with van der Waals surface area (Å²) < 4.78 is 0. The summed E-state index contributed by atoms with van der Waals surface area (Å²) in [6.45, 7) is 0. The Hall–Kier alpha value is -5.10. The zero-order valence-electron chi connectivity index (χ0n) is 24.2. The van der Waals surface area contributed by atoms with Gasteiger partial charge in [-0.15, -0.1) is 0 Å². The van der Waals surface area contributed by atoms with Crippen LogP contribution in [0.4, 0.5) is 0 Å². The van der Waals surface area contributed by atoms with Crippen molar-refractivity contribution < 1.29 is 0 Å². The second-order valence-electron chi connectivity index (χ2n) is 10.5. The molecule has 0 fully saturated rings. The molecule has 6 rings (SSSR count). The SMILES string of the molecule is c1ccc(-c2cccc(-c3cccc(CCCCCCCc4cccc(-c5cccc(-c6ccccn6)n5)n4)n3)n2)nc1. The molecule has 0 unspecified atom stereocenters. The van der Waals surface area contributed by atoms with E-state index in [9.17, 15) is 0 Å². The highest BCUT2D eigenvalue weighted by Crippen LogP contribution is 2.22. The molecule has 6 heterocycles. The number of rotatable bonds is 12. The zero-order chi connectivity index (χ0) is 29.1. The molecule has 6 heteroatoms. The average molecular weight is 563 g/mol. The number of hydrogen-bond donors (Lipinski definition) is 0. The molecule has 6 aromatic heterocycles. The van der Waals surface area contributed by atoms with Gasteiger partial charge in [-0.3, -0.25) is 19.9 Å². The number of nitrogens with zero attached hydrogens (tertiary/aromatic N) is 6. The molecule has 43 heavy (non-hydrogen) atoms. The fraction of sp³-hybridized carbons (Fsp3) is 0.189. The first-order valence-electron chi connectivity index (χ1n) is 15.0. The van der Waals surface area contributed by atoms with E-state index in [0.29, 0.717) is 0 Å². The van der Waals surface area contributed by atoms with Crippen LogP contribution in [0.5, 0.6) is 0 Å². The van der Waals surface area contributed by atoms with Crippen molar-refractivity contribution in [1.29, 1.82) is 0 Å². The average Bonchev–Trinajstić information content (AvgIpc) is 3.09. The van der Waals surface area contributed by atoms with E-state index in [1.807, 2.05) is 84.9 Å². The van der Waals surface area contributed by atoms with Gasteiger partial charge in [-0.05, 0) is 98.5 Å². The molecule has 0 spiro atoms. The van der Waals surface area contributed by atoms with Crippen molar-refractivity contribution in [2.75, 3.05) is 0 Å². The first-order chi connectivity index (χ1) is 21.3. The van der Waals surface area contributed by atoms with Crippen LogP contribution in [0.1, 0.15) is 43.5 Å². The van der Waals surface area contributed by atoms with Crippen molar-refractivity contribution in [3.63, 3.8) is 0 Å². The number of hydrogen-bond acceptors (Lipinski definition) is 6. The van der Waals surface area contributed by atoms with Gasteiger partial charge in [0.15, 0.2) is 0 Å². The monoisotopic (exact) mass is 562 g/mol. The Kier molecular flexibility index (Phi) is 9.25. The summed E-state index contributed by atoms with van der Waals surface area (Å²) in [5.41, 5.74) is 9.25. The Labute approximate surface area is 253 Å². The van der Waals surface area contributed by atoms with Crippen LogP contribution in [0.15, 0.2) is 122 Å². The molecular weight excluding hydrogens is 528 g/mol. The maximum atomic E-state index is 4.91. The van der Waals surface area contributed by atoms with Gasteiger partial charge in [-0.1, -0.05) is 55.7 Å². The second kappa shape index (κ2) is 14.2. The van der Waals surface area contributed by atoms with Crippen molar-refractivity contribution in [2.45, 2.75) is 44.9 Å². The number of unbranched alkanes of at least 4 members (excludes halogenated alkanes) is 4. The summed E-state index contributed by atoms with van der Waals surface area (Å²) in [5.74, 6) is 0. The summed E-state index contributed by atoms with van der Waals surface area (Å²) in [4.78, 5) is 28.3. The summed E-state index contributed by atoms with van der Waals surface area (Å²) in [5, 5.41) is 0. The third kappa shape index (κ3) is 7.60. The Morgan fingerprint density at radius 2 is 0.651 bits per heavy atom. The maximum absolute atomic E-state index is 4.91. The molecule has 0 atom stereocenters. The summed E-state index contributed by atoms with van der Waals surface area (Å²) in [6, 6.07) is 36.2. The lowest BCUT2D eigenvalue weighted by Gasteiger charge is -2.07. The van der Waals surface area contributed by atoms with Crippen LogP contribution >= 0.6 is 0 Å². The van der Waals surface area contributed by atoms with E-state index in [0.717, 1.165) is 82.6 Å². The number of pyridine rings is 6. The first-order valence-corrected chi connectivity index (χ1v) is 15.0. The number of aryl methyl sites for hydroxylation is 2. The topological polar surface area (TPSA) is 77.3 Å². The lowest BCUT2D eigenvalue weighted by Crippen LogP contribution is -1.96. The van der Waals surface area contributed by atoms with Crippen molar-refractivity contribution in [1.82, 2.24) is 29.9 Å². The van der Waals surface area contributed by atoms with E-state index < -0.39 is 0 Å². The molecule has 0 saturated heterocycles. The fourth-order valence-corrected chi connectivity index (χ4v) is 5.13. The van der Waals surface area contributed by atoms with Crippen LogP contribution in [0.2, 0.25) is 0 Å². The first kappa shape index (κ1) is 28.0. The molecular formula is C37H34N6. The number of aromatic nitrogens is 6. The smallest absolute Gasteiger partial charge is 0.0894 e. The van der Waals surface area contributed by atoms with Gasteiger partial charge in [0.25, 0.3) is 0 Å². The van der Waals surface area contributed by atoms with Gasteiger partial charge < -0.3 is 0 Å². The van der Waals surface area contributed by atoms with Crippen LogP contribution in [-0.2, 0) is 12.8 Å². The minimum absolute atomic E-state index is 0.860. The molecule has 0 aromatic carbocycles. The minimum atomic E-state index is 0.860. The lowest BCUT2D eigenvalue weighted by molar-refractivity contribution is 0.607. The Bertz CT molecular complexity index is 1620. The van der Waals surface area contributed by atoms with Crippen molar-refractivity contribution in [2.24, 2.45) is 0 Å². The third-order valence-electron chi connectivity index (χ3n) is 7.36. The van der Waals surface area contributed by atoms with Crippen LogP contribution < -0.4 is 0 Å².